The summed E-state index contributed by atoms with van der Waals surface area (Å²) in [6.07, 6.45) is 2.02. The molecule has 2 heteroatoms. The van der Waals surface area contributed by atoms with E-state index in [4.69, 9.17) is 0 Å². The number of fused-ring (bicyclic) bond motifs is 1. The predicted octanol–water partition coefficient (Wildman–Crippen LogP) is -0.431. The van der Waals surface area contributed by atoms with E-state index < -0.39 is 0 Å². The van der Waals surface area contributed by atoms with Crippen molar-refractivity contribution in [2.45, 2.75) is 0 Å². The zero-order chi connectivity index (χ0) is 6.81. The van der Waals surface area contributed by atoms with Crippen LogP contribution in [-0.2, 0) is 0 Å². The molecule has 1 heterocycles. The summed E-state index contributed by atoms with van der Waals surface area (Å²) in [5.41, 5.74) is 2.44. The smallest absolute Gasteiger partial charge is 0.214 e. The third-order valence-electron chi connectivity index (χ3n) is 1.60. The van der Waals surface area contributed by atoms with Gasteiger partial charge in [-0.1, -0.05) is 12.1 Å². The van der Waals surface area contributed by atoms with E-state index in [0.717, 1.165) is 6.67 Å². The Morgan fingerprint density at radius 2 is 2.20 bits per heavy atom. The molecule has 0 fully saturated rings. The number of hydrogen-bond donors (Lipinski definition) is 2. The number of nitrogens with one attached hydrogen (secondary N) is 2. The second kappa shape index (κ2) is 2.14. The summed E-state index contributed by atoms with van der Waals surface area (Å²) in [7, 11) is 0. The van der Waals surface area contributed by atoms with E-state index in [0.29, 0.717) is 0 Å². The minimum absolute atomic E-state index is 0.830. The summed E-state index contributed by atoms with van der Waals surface area (Å²) in [5, 5.41) is 3.22. The molecule has 2 N–H and O–H groups in total. The van der Waals surface area contributed by atoms with Gasteiger partial charge >= 0.3 is 0 Å². The standard InChI is InChI=1S/C8H8N2/c1-2-4-8-7(3-1)5-9-6-10-8/h1-5,10H,6H2/p+1. The van der Waals surface area contributed by atoms with Crippen LogP contribution in [0.3, 0.4) is 0 Å². The maximum Gasteiger partial charge on any atom is 0.214 e. The fourth-order valence-electron chi connectivity index (χ4n) is 1.09. The molecule has 1 aromatic carbocycles. The van der Waals surface area contributed by atoms with Crippen LogP contribution in [0.15, 0.2) is 24.3 Å². The summed E-state index contributed by atoms with van der Waals surface area (Å²) >= 11 is 0. The van der Waals surface area contributed by atoms with Crippen LogP contribution < -0.4 is 10.3 Å². The number of para-hydroxylation sites is 1. The number of rotatable bonds is 0. The number of anilines is 1. The first-order valence-corrected chi connectivity index (χ1v) is 3.36. The van der Waals surface area contributed by atoms with Crippen LogP contribution in [0.2, 0.25) is 0 Å². The van der Waals surface area contributed by atoms with Crippen molar-refractivity contribution in [1.29, 1.82) is 0 Å². The first kappa shape index (κ1) is 5.47. The Morgan fingerprint density at radius 3 is 3.10 bits per heavy atom. The van der Waals surface area contributed by atoms with E-state index in [-0.39, 0.29) is 0 Å². The molecular formula is C8H9N2+. The highest BCUT2D eigenvalue weighted by atomic mass is 15.0. The maximum atomic E-state index is 3.22. The van der Waals surface area contributed by atoms with E-state index in [9.17, 15) is 0 Å². The van der Waals surface area contributed by atoms with Gasteiger partial charge in [-0.3, -0.25) is 0 Å². The average Bonchev–Trinajstić information content (AvgIpc) is 2.05. The van der Waals surface area contributed by atoms with Crippen molar-refractivity contribution >= 4 is 11.9 Å². The maximum absolute atomic E-state index is 3.22. The highest BCUT2D eigenvalue weighted by Crippen LogP contribution is 2.11. The van der Waals surface area contributed by atoms with Gasteiger partial charge in [0.2, 0.25) is 6.67 Å². The van der Waals surface area contributed by atoms with Gasteiger partial charge in [-0.05, 0) is 12.1 Å². The highest BCUT2D eigenvalue weighted by molar-refractivity contribution is 5.84. The third kappa shape index (κ3) is 0.778. The second-order valence-corrected chi connectivity index (χ2v) is 2.29. The van der Waals surface area contributed by atoms with E-state index in [2.05, 4.69) is 22.4 Å². The zero-order valence-electron chi connectivity index (χ0n) is 5.59. The van der Waals surface area contributed by atoms with Gasteiger partial charge in [-0.2, -0.15) is 0 Å². The molecule has 0 amide bonds. The summed E-state index contributed by atoms with van der Waals surface area (Å²) in [6, 6.07) is 8.22. The molecule has 0 saturated carbocycles. The lowest BCUT2D eigenvalue weighted by Gasteiger charge is -2.06. The molecule has 0 atom stereocenters. The Bertz CT molecular complexity index is 266. The van der Waals surface area contributed by atoms with Crippen molar-refractivity contribution in [3.63, 3.8) is 0 Å². The van der Waals surface area contributed by atoms with E-state index in [1.54, 1.807) is 0 Å². The van der Waals surface area contributed by atoms with Crippen LogP contribution in [-0.4, -0.2) is 12.9 Å². The third-order valence-corrected chi connectivity index (χ3v) is 1.60. The van der Waals surface area contributed by atoms with Gasteiger partial charge in [-0.25, -0.2) is 4.99 Å². The molecule has 0 aromatic heterocycles. The first-order valence-electron chi connectivity index (χ1n) is 3.36. The van der Waals surface area contributed by atoms with Gasteiger partial charge in [0, 0.05) is 0 Å². The van der Waals surface area contributed by atoms with E-state index >= 15 is 0 Å². The van der Waals surface area contributed by atoms with Crippen LogP contribution in [0.4, 0.5) is 5.69 Å². The van der Waals surface area contributed by atoms with Gasteiger partial charge < -0.3 is 5.32 Å². The molecule has 1 aromatic rings. The second-order valence-electron chi connectivity index (χ2n) is 2.29. The van der Waals surface area contributed by atoms with Gasteiger partial charge in [0.05, 0.1) is 11.3 Å². The Labute approximate surface area is 59.6 Å². The molecule has 0 aliphatic carbocycles. The van der Waals surface area contributed by atoms with Crippen LogP contribution in [0.1, 0.15) is 5.56 Å². The van der Waals surface area contributed by atoms with Crippen molar-refractivity contribution < 1.29 is 4.99 Å². The van der Waals surface area contributed by atoms with Crippen LogP contribution in [0.25, 0.3) is 0 Å². The van der Waals surface area contributed by atoms with E-state index in [1.165, 1.54) is 11.3 Å². The molecule has 1 aliphatic heterocycles. The lowest BCUT2D eigenvalue weighted by molar-refractivity contribution is -0.444. The Morgan fingerprint density at radius 1 is 1.30 bits per heavy atom. The fraction of sp³-hybridized carbons (Fsp3) is 0.125. The molecule has 1 aliphatic rings. The summed E-state index contributed by atoms with van der Waals surface area (Å²) in [4.78, 5) is 3.10. The zero-order valence-corrected chi connectivity index (χ0v) is 5.59. The van der Waals surface area contributed by atoms with Gasteiger partial charge in [0.1, 0.15) is 0 Å². The van der Waals surface area contributed by atoms with Gasteiger partial charge in [0.15, 0.2) is 6.21 Å². The van der Waals surface area contributed by atoms with Gasteiger partial charge in [0.25, 0.3) is 0 Å². The molecule has 0 unspecified atom stereocenters. The fourth-order valence-corrected chi connectivity index (χ4v) is 1.09. The van der Waals surface area contributed by atoms with E-state index in [1.807, 2.05) is 18.3 Å². The Kier molecular flexibility index (Phi) is 1.17. The largest absolute Gasteiger partial charge is 0.330 e. The molecule has 10 heavy (non-hydrogen) atoms. The quantitative estimate of drug-likeness (QED) is 0.493. The predicted molar refractivity (Wildman–Crippen MR) is 41.1 cm³/mol. The van der Waals surface area contributed by atoms with Crippen LogP contribution in [0, 0.1) is 0 Å². The normalized spacial score (nSPS) is 14.0. The Hall–Kier alpha value is -1.31. The molecule has 0 radical (unpaired) electrons. The lowest BCUT2D eigenvalue weighted by Crippen LogP contribution is -2.73. The van der Waals surface area contributed by atoms with Crippen molar-refractivity contribution in [3.05, 3.63) is 29.8 Å². The molecule has 0 saturated heterocycles. The molecule has 2 rings (SSSR count). The Balaban J connectivity index is 2.54. The van der Waals surface area contributed by atoms with Crippen molar-refractivity contribution in [3.8, 4) is 0 Å². The number of hydrogen-bond acceptors (Lipinski definition) is 1. The summed E-state index contributed by atoms with van der Waals surface area (Å²) in [5.74, 6) is 0. The summed E-state index contributed by atoms with van der Waals surface area (Å²) in [6.45, 7) is 0.830. The van der Waals surface area contributed by atoms with Crippen LogP contribution >= 0.6 is 0 Å². The molecule has 0 spiro atoms. The highest BCUT2D eigenvalue weighted by Gasteiger charge is 2.04. The minimum atomic E-state index is 0.830. The molecule has 2 nitrogen and oxygen atoms in total. The lowest BCUT2D eigenvalue weighted by atomic mass is 10.2. The summed E-state index contributed by atoms with van der Waals surface area (Å²) < 4.78 is 0. The minimum Gasteiger partial charge on any atom is -0.330 e. The van der Waals surface area contributed by atoms with Crippen molar-refractivity contribution in [1.82, 2.24) is 0 Å². The van der Waals surface area contributed by atoms with Crippen molar-refractivity contribution in [2.24, 2.45) is 0 Å². The van der Waals surface area contributed by atoms with Crippen LogP contribution in [0.5, 0.6) is 0 Å². The van der Waals surface area contributed by atoms with Crippen molar-refractivity contribution in [2.75, 3.05) is 12.0 Å². The topological polar surface area (TPSA) is 26.0 Å². The molecule has 0 bridgehead atoms. The monoisotopic (exact) mass is 133 g/mol. The molecule has 50 valence electrons. The average molecular weight is 133 g/mol. The van der Waals surface area contributed by atoms with Gasteiger partial charge in [-0.15, -0.1) is 0 Å². The number of benzene rings is 1. The molecular weight excluding hydrogens is 124 g/mol. The first-order chi connectivity index (χ1) is 4.97. The SMILES string of the molecule is C1=[NH+]CNc2ccccc21.